The minimum atomic E-state index is -4.96. The van der Waals surface area contributed by atoms with Crippen LogP contribution >= 0.6 is 15.6 Å². The lowest BCUT2D eigenvalue weighted by atomic mass is 10.0. The Hall–Kier alpha value is -5.35. The van der Waals surface area contributed by atoms with Gasteiger partial charge in [0.1, 0.15) is 25.4 Å². The van der Waals surface area contributed by atoms with Crippen molar-refractivity contribution in [3.63, 3.8) is 0 Å². The molecule has 0 bridgehead atoms. The van der Waals surface area contributed by atoms with Crippen LogP contribution in [-0.4, -0.2) is 95.9 Å². The van der Waals surface area contributed by atoms with E-state index in [0.29, 0.717) is 25.7 Å². The van der Waals surface area contributed by atoms with Crippen LogP contribution < -0.4 is 0 Å². The Labute approximate surface area is 649 Å². The van der Waals surface area contributed by atoms with Crippen molar-refractivity contribution >= 4 is 33.6 Å². The largest absolute Gasteiger partial charge is 0.472 e. The summed E-state index contributed by atoms with van der Waals surface area (Å²) in [5.41, 5.74) is 0. The molecule has 16 nitrogen and oxygen atoms in total. The molecule has 0 aliphatic carbocycles. The second-order valence-corrected chi connectivity index (χ2v) is 29.7. The second kappa shape index (κ2) is 80.2. The normalized spacial score (nSPS) is 14.9. The number of hydrogen-bond acceptors (Lipinski definition) is 14. The smallest absolute Gasteiger partial charge is 0.463 e. The van der Waals surface area contributed by atoms with Crippen LogP contribution in [-0.2, 0) is 55.8 Å². The molecule has 4 N–H and O–H groups in total. The number of esters is 3. The fourth-order valence-corrected chi connectivity index (χ4v) is 12.0. The Morgan fingerprint density at radius 2 is 0.514 bits per heavy atom. The van der Waals surface area contributed by atoms with E-state index in [9.17, 15) is 43.5 Å². The molecule has 0 heterocycles. The minimum Gasteiger partial charge on any atom is -0.463 e. The van der Waals surface area contributed by atoms with E-state index in [0.717, 1.165) is 154 Å². The predicted octanol–water partition coefficient (Wildman–Crippen LogP) is 24.5. The monoisotopic (exact) mass is 1530 g/mol. The summed E-state index contributed by atoms with van der Waals surface area (Å²) in [6.45, 7) is 2.32. The number of aliphatic hydroxyl groups excluding tert-OH is 2. The van der Waals surface area contributed by atoms with Crippen molar-refractivity contribution in [1.29, 1.82) is 0 Å². The topological polar surface area (TPSA) is 231 Å². The molecule has 107 heavy (non-hydrogen) atoms. The van der Waals surface area contributed by atoms with E-state index in [-0.39, 0.29) is 19.3 Å². The number of allylic oxidation sites excluding steroid dienone is 30. The van der Waals surface area contributed by atoms with Crippen LogP contribution in [0.5, 0.6) is 0 Å². The Balaban J connectivity index is 4.67. The molecule has 18 heteroatoms. The Kier molecular flexibility index (Phi) is 76.2. The van der Waals surface area contributed by atoms with E-state index in [1.165, 1.54) is 83.5 Å². The van der Waals surface area contributed by atoms with Crippen LogP contribution in [0.2, 0.25) is 0 Å². The van der Waals surface area contributed by atoms with Crippen LogP contribution in [0, 0.1) is 0 Å². The Bertz CT molecular complexity index is 2670. The highest BCUT2D eigenvalue weighted by Gasteiger charge is 2.29. The zero-order valence-corrected chi connectivity index (χ0v) is 68.3. The molecule has 0 aromatic rings. The van der Waals surface area contributed by atoms with Crippen molar-refractivity contribution in [3.05, 3.63) is 182 Å². The summed E-state index contributed by atoms with van der Waals surface area (Å²) in [5, 5.41) is 20.7. The van der Waals surface area contributed by atoms with Crippen molar-refractivity contribution in [2.75, 3.05) is 39.6 Å². The molecule has 0 aromatic carbocycles. The van der Waals surface area contributed by atoms with Gasteiger partial charge < -0.3 is 34.2 Å². The molecule has 608 valence electrons. The average molecular weight is 1530 g/mol. The SMILES string of the molecule is CC/C=C\C/C=C\C/C=C\C/C=C\C/C=C\C/C=C\CCC(=O)OC(COC(=O)CCCCCCCCC/C=C\C/C=C\C/C=C\C/C=C\C/C=C\CC)COP(=O)(O)OCC(O)COP(=O)(O)OCC(O)COC(=O)CCCCCCCCCCCCCCC/C=C\C/C=C\C/C=C\C/C=C\CCCCC. The number of phosphoric acid groups is 2. The summed E-state index contributed by atoms with van der Waals surface area (Å²) < 4.78 is 61.1. The molecule has 0 aliphatic rings. The van der Waals surface area contributed by atoms with Gasteiger partial charge in [-0.1, -0.05) is 319 Å². The van der Waals surface area contributed by atoms with E-state index in [1.807, 2.05) is 18.2 Å². The van der Waals surface area contributed by atoms with Crippen LogP contribution in [0.1, 0.15) is 303 Å². The van der Waals surface area contributed by atoms with Gasteiger partial charge in [0, 0.05) is 19.3 Å². The molecule has 0 saturated heterocycles. The van der Waals surface area contributed by atoms with E-state index in [4.69, 9.17) is 32.3 Å². The van der Waals surface area contributed by atoms with Gasteiger partial charge in [0.05, 0.1) is 26.4 Å². The summed E-state index contributed by atoms with van der Waals surface area (Å²) in [6.07, 6.45) is 104. The van der Waals surface area contributed by atoms with E-state index >= 15 is 0 Å². The summed E-state index contributed by atoms with van der Waals surface area (Å²) in [7, 11) is -9.84. The number of carbonyl (C=O) groups is 3. The van der Waals surface area contributed by atoms with Gasteiger partial charge in [0.15, 0.2) is 6.10 Å². The molecule has 0 amide bonds. The number of rotatable bonds is 76. The van der Waals surface area contributed by atoms with Gasteiger partial charge in [0.25, 0.3) is 0 Å². The minimum absolute atomic E-state index is 0.0302. The van der Waals surface area contributed by atoms with Gasteiger partial charge in [-0.3, -0.25) is 32.5 Å². The summed E-state index contributed by atoms with van der Waals surface area (Å²) in [4.78, 5) is 58.7. The van der Waals surface area contributed by atoms with E-state index in [2.05, 4.69) is 185 Å². The zero-order valence-electron chi connectivity index (χ0n) is 66.5. The highest BCUT2D eigenvalue weighted by atomic mass is 31.2. The first-order valence-electron chi connectivity index (χ1n) is 41.1. The lowest BCUT2D eigenvalue weighted by molar-refractivity contribution is -0.161. The molecular weight excluding hydrogens is 1390 g/mol. The first-order chi connectivity index (χ1) is 52.2. The number of unbranched alkanes of at least 4 members (excludes halogenated alkanes) is 23. The van der Waals surface area contributed by atoms with Gasteiger partial charge in [0.2, 0.25) is 0 Å². The number of ether oxygens (including phenoxy) is 3. The maximum atomic E-state index is 13.0. The third kappa shape index (κ3) is 81.5. The van der Waals surface area contributed by atoms with Gasteiger partial charge in [-0.2, -0.15) is 0 Å². The third-order valence-corrected chi connectivity index (χ3v) is 18.5. The summed E-state index contributed by atoms with van der Waals surface area (Å²) in [6, 6.07) is 0. The molecule has 0 fully saturated rings. The second-order valence-electron chi connectivity index (χ2n) is 26.8. The van der Waals surface area contributed by atoms with Crippen molar-refractivity contribution in [3.8, 4) is 0 Å². The maximum absolute atomic E-state index is 13.0. The first kappa shape index (κ1) is 102. The van der Waals surface area contributed by atoms with E-state index < -0.39 is 91.5 Å². The molecule has 0 spiro atoms. The van der Waals surface area contributed by atoms with Crippen molar-refractivity contribution in [2.45, 2.75) is 322 Å². The lowest BCUT2D eigenvalue weighted by Crippen LogP contribution is -2.29. The standard InChI is InChI=1S/C89H146O16P2/c1-4-7-10-13-16-19-22-25-28-31-34-36-38-39-40-41-42-43-45-47-49-51-54-57-60-63-66-69-72-75-87(92)99-78-84(90)79-101-106(95,96)102-80-85(91)81-103-107(97,98)104-83-86(105-89(94)77-74-71-68-65-62-59-56-53-48-33-30-27-24-21-18-15-12-9-6-3)82-100-88(93)76-73-70-67-64-61-58-55-52-50-46-44-37-35-32-29-26-23-20-17-14-11-8-5-2/h8-9,11-12,16-21,25-30,34-37,39-40,46,48,50,53,59,62,68,71,84-86,90-91H,4-7,10,13-15,22-24,31-33,38,41-45,47,49,51-52,54-58,60-61,63-67,69-70,72-83H2,1-3H3,(H,95,96)(H,97,98)/b11-8-,12-9-,19-16-,20-17-,21-18-,28-25-,29-26-,30-27-,36-34-,37-35-,40-39-,50-46-,53-48-,62-59-,71-68-. The van der Waals surface area contributed by atoms with Gasteiger partial charge in [-0.05, 0) is 148 Å². The van der Waals surface area contributed by atoms with Crippen molar-refractivity contribution < 1.29 is 75.8 Å². The molecular formula is C89H146O16P2. The number of hydrogen-bond donors (Lipinski definition) is 4. The van der Waals surface area contributed by atoms with Crippen LogP contribution in [0.15, 0.2) is 182 Å². The maximum Gasteiger partial charge on any atom is 0.472 e. The highest BCUT2D eigenvalue weighted by molar-refractivity contribution is 7.47. The first-order valence-corrected chi connectivity index (χ1v) is 44.1. The number of aliphatic hydroxyl groups is 2. The summed E-state index contributed by atoms with van der Waals surface area (Å²) >= 11 is 0. The van der Waals surface area contributed by atoms with Gasteiger partial charge >= 0.3 is 33.6 Å². The van der Waals surface area contributed by atoms with Crippen molar-refractivity contribution in [2.24, 2.45) is 0 Å². The quantitative estimate of drug-likeness (QED) is 0.0146. The molecule has 0 aromatic heterocycles. The van der Waals surface area contributed by atoms with E-state index in [1.54, 1.807) is 0 Å². The Morgan fingerprint density at radius 3 is 0.822 bits per heavy atom. The highest BCUT2D eigenvalue weighted by Crippen LogP contribution is 2.45. The predicted molar refractivity (Wildman–Crippen MR) is 445 cm³/mol. The van der Waals surface area contributed by atoms with Gasteiger partial charge in [-0.25, -0.2) is 9.13 Å². The molecule has 0 saturated carbocycles. The molecule has 5 atom stereocenters. The Morgan fingerprint density at radius 1 is 0.271 bits per heavy atom. The third-order valence-electron chi connectivity index (χ3n) is 16.6. The van der Waals surface area contributed by atoms with Crippen LogP contribution in [0.3, 0.4) is 0 Å². The zero-order chi connectivity index (χ0) is 78.0. The molecule has 0 aliphatic heterocycles. The average Bonchev–Trinajstić information content (AvgIpc) is 0.939. The fraction of sp³-hybridized carbons (Fsp3) is 0.629. The number of phosphoric ester groups is 2. The van der Waals surface area contributed by atoms with Crippen LogP contribution in [0.4, 0.5) is 0 Å². The van der Waals surface area contributed by atoms with Crippen LogP contribution in [0.25, 0.3) is 0 Å². The number of carbonyl (C=O) groups excluding carboxylic acids is 3. The fourth-order valence-electron chi connectivity index (χ4n) is 10.4. The molecule has 0 rings (SSSR count). The summed E-state index contributed by atoms with van der Waals surface area (Å²) in [5.74, 6) is -1.70. The molecule has 0 radical (unpaired) electrons. The van der Waals surface area contributed by atoms with Gasteiger partial charge in [-0.15, -0.1) is 0 Å². The lowest BCUT2D eigenvalue weighted by Gasteiger charge is -2.21. The molecule has 5 unspecified atom stereocenters. The van der Waals surface area contributed by atoms with Crippen molar-refractivity contribution in [1.82, 2.24) is 0 Å².